The molecule has 0 saturated carbocycles. The highest BCUT2D eigenvalue weighted by atomic mass is 32.2. The summed E-state index contributed by atoms with van der Waals surface area (Å²) < 4.78 is 69.1. The van der Waals surface area contributed by atoms with Crippen LogP contribution in [0.5, 0.6) is 11.5 Å². The highest BCUT2D eigenvalue weighted by Crippen LogP contribution is 2.32. The first-order valence-corrected chi connectivity index (χ1v) is 12.1. The molecule has 0 aromatic heterocycles. The second-order valence-electron chi connectivity index (χ2n) is 7.71. The van der Waals surface area contributed by atoms with Crippen molar-refractivity contribution in [2.75, 3.05) is 11.5 Å². The number of esters is 1. The summed E-state index contributed by atoms with van der Waals surface area (Å²) in [4.78, 5) is 24.3. The molecule has 3 aromatic carbocycles. The van der Waals surface area contributed by atoms with Gasteiger partial charge in [-0.3, -0.25) is 9.52 Å². The largest absolute Gasteiger partial charge is 0.454 e. The van der Waals surface area contributed by atoms with Crippen molar-refractivity contribution in [1.29, 1.82) is 0 Å². The lowest BCUT2D eigenvalue weighted by atomic mass is 10.2. The van der Waals surface area contributed by atoms with E-state index in [0.29, 0.717) is 23.6 Å². The van der Waals surface area contributed by atoms with Gasteiger partial charge in [0.25, 0.3) is 15.9 Å². The Hall–Kier alpha value is -4.19. The minimum atomic E-state index is -4.19. The molecule has 0 spiro atoms. The van der Waals surface area contributed by atoms with E-state index in [-0.39, 0.29) is 24.6 Å². The van der Waals surface area contributed by atoms with Gasteiger partial charge in [0.1, 0.15) is 0 Å². The molecule has 1 aliphatic rings. The van der Waals surface area contributed by atoms with Crippen molar-refractivity contribution in [3.63, 3.8) is 0 Å². The normalized spacial score (nSPS) is 13.1. The molecule has 2 N–H and O–H groups in total. The van der Waals surface area contributed by atoms with Gasteiger partial charge in [-0.15, -0.1) is 0 Å². The average molecular weight is 518 g/mol. The number of rotatable bonds is 8. The Morgan fingerprint density at radius 1 is 0.972 bits per heavy atom. The van der Waals surface area contributed by atoms with Crippen LogP contribution in [0.2, 0.25) is 0 Å². The molecular formula is C24H20F2N2O7S. The van der Waals surface area contributed by atoms with Crippen LogP contribution in [0.15, 0.2) is 65.6 Å². The lowest BCUT2D eigenvalue weighted by Crippen LogP contribution is -2.35. The summed E-state index contributed by atoms with van der Waals surface area (Å²) in [7, 11) is -4.19. The molecule has 4 rings (SSSR count). The standard InChI is InChI=1S/C24H20F2N2O7S/c1-14(23(29)27-12-15-2-9-21-22(10-15)34-13-33-21)35-24(30)16-3-5-17(6-4-16)28-36(31,32)18-7-8-19(25)20(26)11-18/h2-11,14,28H,12-13H2,1H3,(H,27,29)/t14-/m0/s1. The van der Waals surface area contributed by atoms with Gasteiger partial charge >= 0.3 is 5.97 Å². The van der Waals surface area contributed by atoms with Gasteiger partial charge in [-0.2, -0.15) is 0 Å². The molecular weight excluding hydrogens is 498 g/mol. The molecule has 188 valence electrons. The number of anilines is 1. The van der Waals surface area contributed by atoms with Crippen LogP contribution in [0.25, 0.3) is 0 Å². The van der Waals surface area contributed by atoms with Gasteiger partial charge < -0.3 is 19.5 Å². The Kier molecular flexibility index (Phi) is 7.06. The predicted molar refractivity (Wildman–Crippen MR) is 123 cm³/mol. The van der Waals surface area contributed by atoms with Gasteiger partial charge in [0, 0.05) is 12.2 Å². The van der Waals surface area contributed by atoms with Crippen molar-refractivity contribution in [2.45, 2.75) is 24.5 Å². The second kappa shape index (κ2) is 10.2. The number of amides is 1. The quantitative estimate of drug-likeness (QED) is 0.439. The maximum absolute atomic E-state index is 13.4. The Labute approximate surface area is 205 Å². The number of nitrogens with one attached hydrogen (secondary N) is 2. The van der Waals surface area contributed by atoms with Crippen LogP contribution in [0.3, 0.4) is 0 Å². The third-order valence-electron chi connectivity index (χ3n) is 5.13. The molecule has 9 nitrogen and oxygen atoms in total. The minimum absolute atomic E-state index is 0.0706. The smallest absolute Gasteiger partial charge is 0.338 e. The number of carbonyl (C=O) groups excluding carboxylic acids is 2. The first-order chi connectivity index (χ1) is 17.1. The Balaban J connectivity index is 1.31. The highest BCUT2D eigenvalue weighted by molar-refractivity contribution is 7.92. The SMILES string of the molecule is C[C@H](OC(=O)c1ccc(NS(=O)(=O)c2ccc(F)c(F)c2)cc1)C(=O)NCc1ccc2c(c1)OCO2. The van der Waals surface area contributed by atoms with Crippen molar-refractivity contribution >= 4 is 27.6 Å². The summed E-state index contributed by atoms with van der Waals surface area (Å²) in [6.45, 7) is 1.74. The van der Waals surface area contributed by atoms with E-state index in [0.717, 1.165) is 11.6 Å². The zero-order chi connectivity index (χ0) is 25.9. The van der Waals surface area contributed by atoms with E-state index in [9.17, 15) is 26.8 Å². The number of sulfonamides is 1. The van der Waals surface area contributed by atoms with E-state index >= 15 is 0 Å². The van der Waals surface area contributed by atoms with Crippen molar-refractivity contribution in [1.82, 2.24) is 5.32 Å². The maximum Gasteiger partial charge on any atom is 0.338 e. The van der Waals surface area contributed by atoms with Gasteiger partial charge in [-0.25, -0.2) is 22.0 Å². The summed E-state index contributed by atoms with van der Waals surface area (Å²) in [5.74, 6) is -2.59. The lowest BCUT2D eigenvalue weighted by molar-refractivity contribution is -0.129. The minimum Gasteiger partial charge on any atom is -0.454 e. The fraction of sp³-hybridized carbons (Fsp3) is 0.167. The van der Waals surface area contributed by atoms with Crippen molar-refractivity contribution in [2.24, 2.45) is 0 Å². The van der Waals surface area contributed by atoms with Crippen LogP contribution in [-0.4, -0.2) is 33.2 Å². The number of hydrogen-bond acceptors (Lipinski definition) is 7. The molecule has 0 saturated heterocycles. The van der Waals surface area contributed by atoms with E-state index in [1.807, 2.05) is 0 Å². The van der Waals surface area contributed by atoms with Crippen LogP contribution in [-0.2, 0) is 26.1 Å². The van der Waals surface area contributed by atoms with E-state index in [1.54, 1.807) is 18.2 Å². The Morgan fingerprint density at radius 3 is 2.42 bits per heavy atom. The molecule has 0 radical (unpaired) electrons. The molecule has 0 fully saturated rings. The number of halogens is 2. The van der Waals surface area contributed by atoms with Gasteiger partial charge in [0.2, 0.25) is 6.79 Å². The third kappa shape index (κ3) is 5.71. The molecule has 0 bridgehead atoms. The first kappa shape index (κ1) is 24.9. The molecule has 1 atom stereocenters. The molecule has 0 unspecified atom stereocenters. The fourth-order valence-electron chi connectivity index (χ4n) is 3.20. The molecule has 1 amide bonds. The van der Waals surface area contributed by atoms with Crippen LogP contribution in [0.4, 0.5) is 14.5 Å². The average Bonchev–Trinajstić information content (AvgIpc) is 3.32. The summed E-state index contributed by atoms with van der Waals surface area (Å²) in [5.41, 5.74) is 0.916. The molecule has 1 aliphatic heterocycles. The highest BCUT2D eigenvalue weighted by Gasteiger charge is 2.21. The van der Waals surface area contributed by atoms with Gasteiger partial charge in [0.05, 0.1) is 10.5 Å². The Bertz CT molecular complexity index is 1410. The predicted octanol–water partition coefficient (Wildman–Crippen LogP) is 3.36. The van der Waals surface area contributed by atoms with Gasteiger partial charge in [-0.1, -0.05) is 6.07 Å². The van der Waals surface area contributed by atoms with Crippen molar-refractivity contribution < 1.29 is 41.0 Å². The summed E-state index contributed by atoms with van der Waals surface area (Å²) in [5, 5.41) is 2.67. The monoisotopic (exact) mass is 518 g/mol. The molecule has 12 heteroatoms. The topological polar surface area (TPSA) is 120 Å². The van der Waals surface area contributed by atoms with Crippen LogP contribution >= 0.6 is 0 Å². The van der Waals surface area contributed by atoms with Gasteiger partial charge in [-0.05, 0) is 67.1 Å². The molecule has 3 aromatic rings. The van der Waals surface area contributed by atoms with E-state index < -0.39 is 44.5 Å². The van der Waals surface area contributed by atoms with Crippen molar-refractivity contribution in [3.05, 3.63) is 83.4 Å². The van der Waals surface area contributed by atoms with E-state index in [1.165, 1.54) is 31.2 Å². The van der Waals surface area contributed by atoms with Crippen molar-refractivity contribution in [3.8, 4) is 11.5 Å². The van der Waals surface area contributed by atoms with Crippen LogP contribution in [0.1, 0.15) is 22.8 Å². The second-order valence-corrected chi connectivity index (χ2v) is 9.39. The van der Waals surface area contributed by atoms with E-state index in [4.69, 9.17) is 14.2 Å². The number of ether oxygens (including phenoxy) is 3. The molecule has 0 aliphatic carbocycles. The van der Waals surface area contributed by atoms with Crippen LogP contribution < -0.4 is 19.5 Å². The lowest BCUT2D eigenvalue weighted by Gasteiger charge is -2.14. The zero-order valence-electron chi connectivity index (χ0n) is 18.8. The zero-order valence-corrected chi connectivity index (χ0v) is 19.6. The van der Waals surface area contributed by atoms with Crippen LogP contribution in [0, 0.1) is 11.6 Å². The molecule has 36 heavy (non-hydrogen) atoms. The number of carbonyl (C=O) groups is 2. The summed E-state index contributed by atoms with van der Waals surface area (Å²) >= 11 is 0. The Morgan fingerprint density at radius 2 is 1.69 bits per heavy atom. The van der Waals surface area contributed by atoms with Gasteiger partial charge in [0.15, 0.2) is 29.2 Å². The number of hydrogen-bond donors (Lipinski definition) is 2. The third-order valence-corrected chi connectivity index (χ3v) is 6.51. The fourth-order valence-corrected chi connectivity index (χ4v) is 4.27. The molecule has 1 heterocycles. The van der Waals surface area contributed by atoms with E-state index in [2.05, 4.69) is 10.0 Å². The summed E-state index contributed by atoms with van der Waals surface area (Å²) in [6, 6.07) is 12.6. The summed E-state index contributed by atoms with van der Waals surface area (Å²) in [6.07, 6.45) is -1.10. The number of benzene rings is 3. The number of fused-ring (bicyclic) bond motifs is 1. The maximum atomic E-state index is 13.4. The first-order valence-electron chi connectivity index (χ1n) is 10.6.